The SMILES string of the molecule is C=C.C=CCC(C)CCCC. The molecule has 0 bridgehead atoms. The summed E-state index contributed by atoms with van der Waals surface area (Å²) in [5.41, 5.74) is 0. The van der Waals surface area contributed by atoms with Crippen LogP contribution >= 0.6 is 0 Å². The summed E-state index contributed by atoms with van der Waals surface area (Å²) in [6.45, 7) is 14.2. The third kappa shape index (κ3) is 12.6. The first kappa shape index (κ1) is 13.1. The highest BCUT2D eigenvalue weighted by molar-refractivity contribution is 4.69. The first-order chi connectivity index (χ1) is 5.31. The molecule has 0 saturated carbocycles. The Morgan fingerprint density at radius 3 is 2.27 bits per heavy atom. The summed E-state index contributed by atoms with van der Waals surface area (Å²) in [5, 5.41) is 0. The van der Waals surface area contributed by atoms with Gasteiger partial charge in [-0.1, -0.05) is 39.2 Å². The lowest BCUT2D eigenvalue weighted by atomic mass is 10.0. The summed E-state index contributed by atoms with van der Waals surface area (Å²) in [6.07, 6.45) is 7.25. The summed E-state index contributed by atoms with van der Waals surface area (Å²) in [6, 6.07) is 0. The monoisotopic (exact) mass is 154 g/mol. The zero-order chi connectivity index (χ0) is 9.11. The van der Waals surface area contributed by atoms with E-state index in [0.717, 1.165) is 5.92 Å². The predicted octanol–water partition coefficient (Wildman–Crippen LogP) is 4.19. The van der Waals surface area contributed by atoms with Crippen molar-refractivity contribution >= 4 is 0 Å². The van der Waals surface area contributed by atoms with E-state index in [2.05, 4.69) is 33.6 Å². The van der Waals surface area contributed by atoms with E-state index < -0.39 is 0 Å². The van der Waals surface area contributed by atoms with E-state index in [9.17, 15) is 0 Å². The maximum absolute atomic E-state index is 3.71. The van der Waals surface area contributed by atoms with Crippen LogP contribution in [0.3, 0.4) is 0 Å². The number of rotatable bonds is 5. The molecule has 0 amide bonds. The van der Waals surface area contributed by atoms with E-state index in [-0.39, 0.29) is 0 Å². The molecule has 0 aliphatic heterocycles. The van der Waals surface area contributed by atoms with Gasteiger partial charge in [0.1, 0.15) is 0 Å². The lowest BCUT2D eigenvalue weighted by molar-refractivity contribution is 0.512. The van der Waals surface area contributed by atoms with Gasteiger partial charge in [0.25, 0.3) is 0 Å². The molecule has 0 aromatic heterocycles. The minimum absolute atomic E-state index is 0.849. The maximum atomic E-state index is 3.71. The van der Waals surface area contributed by atoms with Crippen LogP contribution < -0.4 is 0 Å². The molecule has 1 unspecified atom stereocenters. The molecule has 0 spiro atoms. The van der Waals surface area contributed by atoms with Crippen LogP contribution in [0.4, 0.5) is 0 Å². The molecule has 0 heteroatoms. The molecule has 0 fully saturated rings. The van der Waals surface area contributed by atoms with Crippen LogP contribution in [0.15, 0.2) is 25.8 Å². The Bertz CT molecular complexity index is 74.1. The van der Waals surface area contributed by atoms with Crippen molar-refractivity contribution in [2.75, 3.05) is 0 Å². The normalized spacial score (nSPS) is 11.1. The van der Waals surface area contributed by atoms with E-state index in [4.69, 9.17) is 0 Å². The Kier molecular flexibility index (Phi) is 14.5. The molecule has 0 saturated heterocycles. The summed E-state index contributed by atoms with van der Waals surface area (Å²) in [7, 11) is 0. The zero-order valence-electron chi connectivity index (χ0n) is 8.10. The van der Waals surface area contributed by atoms with Crippen molar-refractivity contribution in [2.24, 2.45) is 5.92 Å². The van der Waals surface area contributed by atoms with Gasteiger partial charge in [-0.15, -0.1) is 19.7 Å². The topological polar surface area (TPSA) is 0 Å². The van der Waals surface area contributed by atoms with Crippen molar-refractivity contribution in [3.63, 3.8) is 0 Å². The Morgan fingerprint density at radius 1 is 1.36 bits per heavy atom. The Morgan fingerprint density at radius 2 is 1.91 bits per heavy atom. The maximum Gasteiger partial charge on any atom is -0.0328 e. The van der Waals surface area contributed by atoms with E-state index >= 15 is 0 Å². The first-order valence-corrected chi connectivity index (χ1v) is 4.42. The Hall–Kier alpha value is -0.520. The van der Waals surface area contributed by atoms with Crippen LogP contribution in [0.5, 0.6) is 0 Å². The van der Waals surface area contributed by atoms with Crippen molar-refractivity contribution in [3.8, 4) is 0 Å². The standard InChI is InChI=1S/C9H18.C2H4/c1-4-6-8-9(3)7-5-2;1-2/h5,9H,2,4,6-8H2,1,3H3;1-2H2. The molecule has 66 valence electrons. The van der Waals surface area contributed by atoms with E-state index in [1.54, 1.807) is 0 Å². The third-order valence-corrected chi connectivity index (χ3v) is 1.62. The van der Waals surface area contributed by atoms with Gasteiger partial charge in [0.05, 0.1) is 0 Å². The molecule has 0 aromatic rings. The zero-order valence-corrected chi connectivity index (χ0v) is 8.10. The van der Waals surface area contributed by atoms with E-state index in [0.29, 0.717) is 0 Å². The molecule has 0 aliphatic rings. The minimum Gasteiger partial charge on any atom is -0.106 e. The molecule has 0 aromatic carbocycles. The van der Waals surface area contributed by atoms with E-state index in [1.807, 2.05) is 6.08 Å². The number of allylic oxidation sites excluding steroid dienone is 1. The van der Waals surface area contributed by atoms with Gasteiger partial charge in [-0.3, -0.25) is 0 Å². The fourth-order valence-electron chi connectivity index (χ4n) is 0.955. The van der Waals surface area contributed by atoms with Crippen LogP contribution in [-0.4, -0.2) is 0 Å². The molecule has 0 aliphatic carbocycles. The summed E-state index contributed by atoms with van der Waals surface area (Å²) < 4.78 is 0. The number of unbranched alkanes of at least 4 members (excludes halogenated alkanes) is 1. The third-order valence-electron chi connectivity index (χ3n) is 1.62. The highest BCUT2D eigenvalue weighted by Crippen LogP contribution is 2.11. The van der Waals surface area contributed by atoms with Crippen LogP contribution in [0.1, 0.15) is 39.5 Å². The van der Waals surface area contributed by atoms with Crippen LogP contribution in [0.25, 0.3) is 0 Å². The molecule has 0 N–H and O–H groups in total. The van der Waals surface area contributed by atoms with Crippen molar-refractivity contribution in [2.45, 2.75) is 39.5 Å². The van der Waals surface area contributed by atoms with Gasteiger partial charge in [-0.05, 0) is 12.3 Å². The minimum atomic E-state index is 0.849. The molecule has 1 atom stereocenters. The van der Waals surface area contributed by atoms with Gasteiger partial charge in [-0.2, -0.15) is 0 Å². The van der Waals surface area contributed by atoms with E-state index in [1.165, 1.54) is 25.7 Å². The summed E-state index contributed by atoms with van der Waals surface area (Å²) >= 11 is 0. The second-order valence-electron chi connectivity index (χ2n) is 2.77. The Balaban J connectivity index is 0. The average Bonchev–Trinajstić information content (AvgIpc) is 2.05. The van der Waals surface area contributed by atoms with Gasteiger partial charge in [-0.25, -0.2) is 0 Å². The summed E-state index contributed by atoms with van der Waals surface area (Å²) in [5.74, 6) is 0.849. The Labute approximate surface area is 72.0 Å². The molecule has 11 heavy (non-hydrogen) atoms. The molecular formula is C11H22. The predicted molar refractivity (Wildman–Crippen MR) is 54.8 cm³/mol. The van der Waals surface area contributed by atoms with Gasteiger partial charge >= 0.3 is 0 Å². The van der Waals surface area contributed by atoms with Crippen LogP contribution in [-0.2, 0) is 0 Å². The van der Waals surface area contributed by atoms with Crippen molar-refractivity contribution < 1.29 is 0 Å². The van der Waals surface area contributed by atoms with Gasteiger partial charge in [0.15, 0.2) is 0 Å². The highest BCUT2D eigenvalue weighted by atomic mass is 14.0. The molecule has 0 rings (SSSR count). The lowest BCUT2D eigenvalue weighted by Gasteiger charge is -2.05. The largest absolute Gasteiger partial charge is 0.106 e. The van der Waals surface area contributed by atoms with Crippen molar-refractivity contribution in [1.29, 1.82) is 0 Å². The van der Waals surface area contributed by atoms with Gasteiger partial charge in [0, 0.05) is 0 Å². The van der Waals surface area contributed by atoms with Gasteiger partial charge < -0.3 is 0 Å². The van der Waals surface area contributed by atoms with Crippen molar-refractivity contribution in [3.05, 3.63) is 25.8 Å². The van der Waals surface area contributed by atoms with Crippen molar-refractivity contribution in [1.82, 2.24) is 0 Å². The quantitative estimate of drug-likeness (QED) is 0.521. The second-order valence-corrected chi connectivity index (χ2v) is 2.77. The lowest BCUT2D eigenvalue weighted by Crippen LogP contribution is -1.90. The highest BCUT2D eigenvalue weighted by Gasteiger charge is 1.96. The molecule has 0 heterocycles. The fraction of sp³-hybridized carbons (Fsp3) is 0.636. The molecule has 0 radical (unpaired) electrons. The van der Waals surface area contributed by atoms with Crippen LogP contribution in [0.2, 0.25) is 0 Å². The molecular weight excluding hydrogens is 132 g/mol. The number of hydrogen-bond donors (Lipinski definition) is 0. The smallest absolute Gasteiger partial charge is 0.0328 e. The fourth-order valence-corrected chi connectivity index (χ4v) is 0.955. The van der Waals surface area contributed by atoms with Crippen LogP contribution in [0, 0.1) is 5.92 Å². The number of hydrogen-bond acceptors (Lipinski definition) is 0. The van der Waals surface area contributed by atoms with Gasteiger partial charge in [0.2, 0.25) is 0 Å². The first-order valence-electron chi connectivity index (χ1n) is 4.42. The summed E-state index contributed by atoms with van der Waals surface area (Å²) in [4.78, 5) is 0. The second kappa shape index (κ2) is 12.2. The molecule has 0 nitrogen and oxygen atoms in total. The average molecular weight is 154 g/mol.